The van der Waals surface area contributed by atoms with E-state index in [0.717, 1.165) is 5.69 Å². The average Bonchev–Trinajstić information content (AvgIpc) is 3.14. The first-order chi connectivity index (χ1) is 12.7. The molecule has 1 amide bonds. The Kier molecular flexibility index (Phi) is 5.58. The van der Waals surface area contributed by atoms with E-state index in [4.69, 9.17) is 4.74 Å². The number of halogens is 1. The third-order valence-corrected chi connectivity index (χ3v) is 3.81. The zero-order valence-electron chi connectivity index (χ0n) is 14.3. The zero-order chi connectivity index (χ0) is 18.4. The van der Waals surface area contributed by atoms with Crippen molar-refractivity contribution in [2.45, 2.75) is 26.0 Å². The van der Waals surface area contributed by atoms with Gasteiger partial charge in [-0.1, -0.05) is 19.1 Å². The number of aromatic nitrogens is 3. The highest BCUT2D eigenvalue weighted by atomic mass is 19.1. The lowest BCUT2D eigenvalue weighted by molar-refractivity contribution is 0.0929. The molecular formula is C19H19FN4O2. The number of pyridine rings is 1. The minimum atomic E-state index is -0.368. The van der Waals surface area contributed by atoms with Gasteiger partial charge in [0.15, 0.2) is 0 Å². The van der Waals surface area contributed by atoms with Crippen LogP contribution in [-0.4, -0.2) is 21.1 Å². The smallest absolute Gasteiger partial charge is 0.272 e. The number of nitrogens with zero attached hydrogens (tertiary/aromatic N) is 2. The number of amides is 1. The Hall–Kier alpha value is -3.22. The maximum atomic E-state index is 13.1. The first-order valence-corrected chi connectivity index (χ1v) is 8.30. The van der Waals surface area contributed by atoms with Gasteiger partial charge in [-0.3, -0.25) is 14.9 Å². The lowest BCUT2D eigenvalue weighted by Crippen LogP contribution is -2.29. The van der Waals surface area contributed by atoms with Crippen LogP contribution >= 0.6 is 0 Å². The van der Waals surface area contributed by atoms with E-state index in [1.54, 1.807) is 24.4 Å². The molecule has 0 unspecified atom stereocenters. The van der Waals surface area contributed by atoms with Gasteiger partial charge >= 0.3 is 0 Å². The minimum absolute atomic E-state index is 0.154. The van der Waals surface area contributed by atoms with Crippen molar-refractivity contribution >= 4 is 5.91 Å². The lowest BCUT2D eigenvalue weighted by atomic mass is 10.1. The molecule has 0 aliphatic rings. The summed E-state index contributed by atoms with van der Waals surface area (Å²) in [6.07, 6.45) is 2.41. The molecule has 7 heteroatoms. The first kappa shape index (κ1) is 17.6. The van der Waals surface area contributed by atoms with Crippen LogP contribution in [0.3, 0.4) is 0 Å². The molecule has 2 aromatic heterocycles. The van der Waals surface area contributed by atoms with Crippen LogP contribution in [0, 0.1) is 5.82 Å². The van der Waals surface area contributed by atoms with E-state index >= 15 is 0 Å². The monoisotopic (exact) mass is 354 g/mol. The van der Waals surface area contributed by atoms with Gasteiger partial charge in [0.05, 0.1) is 17.4 Å². The van der Waals surface area contributed by atoms with Gasteiger partial charge in [0.2, 0.25) is 0 Å². The van der Waals surface area contributed by atoms with Crippen LogP contribution in [0.2, 0.25) is 0 Å². The predicted molar refractivity (Wildman–Crippen MR) is 94.1 cm³/mol. The van der Waals surface area contributed by atoms with Crippen LogP contribution < -0.4 is 10.1 Å². The van der Waals surface area contributed by atoms with Crippen LogP contribution in [-0.2, 0) is 6.61 Å². The molecule has 3 rings (SSSR count). The number of carbonyl (C=O) groups excluding carboxylic acids is 1. The second-order valence-electron chi connectivity index (χ2n) is 5.71. The van der Waals surface area contributed by atoms with Crippen LogP contribution in [0.4, 0.5) is 4.39 Å². The molecule has 0 aliphatic heterocycles. The molecule has 0 aliphatic carbocycles. The SMILES string of the molecule is CC[C@H](NC(=O)c1cc(COc2cccc(F)c2)[nH]n1)c1ccccn1. The summed E-state index contributed by atoms with van der Waals surface area (Å²) in [5.74, 6) is -0.255. The molecule has 2 heterocycles. The molecule has 0 saturated heterocycles. The van der Waals surface area contributed by atoms with E-state index in [-0.39, 0.29) is 30.1 Å². The van der Waals surface area contributed by atoms with E-state index in [1.165, 1.54) is 12.1 Å². The zero-order valence-corrected chi connectivity index (χ0v) is 14.3. The highest BCUT2D eigenvalue weighted by Crippen LogP contribution is 2.16. The summed E-state index contributed by atoms with van der Waals surface area (Å²) in [5, 5.41) is 9.69. The van der Waals surface area contributed by atoms with Crippen molar-refractivity contribution in [1.29, 1.82) is 0 Å². The maximum Gasteiger partial charge on any atom is 0.272 e. The number of aromatic amines is 1. The highest BCUT2D eigenvalue weighted by Gasteiger charge is 2.17. The molecule has 0 fully saturated rings. The van der Waals surface area contributed by atoms with Gasteiger partial charge in [-0.2, -0.15) is 5.10 Å². The van der Waals surface area contributed by atoms with Crippen molar-refractivity contribution in [1.82, 2.24) is 20.5 Å². The molecule has 0 radical (unpaired) electrons. The summed E-state index contributed by atoms with van der Waals surface area (Å²) in [5.41, 5.74) is 1.68. The number of H-pyrrole nitrogens is 1. The average molecular weight is 354 g/mol. The standard InChI is InChI=1S/C19H19FN4O2/c1-2-16(17-8-3-4-9-21-17)22-19(25)18-11-14(23-24-18)12-26-15-7-5-6-13(20)10-15/h3-11,16H,2,12H2,1H3,(H,22,25)(H,23,24)/t16-/m0/s1. The van der Waals surface area contributed by atoms with Crippen LogP contribution in [0.5, 0.6) is 5.75 Å². The van der Waals surface area contributed by atoms with E-state index in [1.807, 2.05) is 25.1 Å². The summed E-state index contributed by atoms with van der Waals surface area (Å²) in [4.78, 5) is 16.7. The van der Waals surface area contributed by atoms with Crippen LogP contribution in [0.25, 0.3) is 0 Å². The van der Waals surface area contributed by atoms with Gasteiger partial charge in [-0.25, -0.2) is 4.39 Å². The van der Waals surface area contributed by atoms with Crippen molar-refractivity contribution in [3.05, 3.63) is 77.6 Å². The number of carbonyl (C=O) groups is 1. The van der Waals surface area contributed by atoms with Gasteiger partial charge in [0, 0.05) is 12.3 Å². The topological polar surface area (TPSA) is 79.9 Å². The molecule has 0 bridgehead atoms. The van der Waals surface area contributed by atoms with Crippen molar-refractivity contribution in [3.63, 3.8) is 0 Å². The van der Waals surface area contributed by atoms with Crippen molar-refractivity contribution < 1.29 is 13.9 Å². The molecule has 1 aromatic carbocycles. The third-order valence-electron chi connectivity index (χ3n) is 3.81. The number of hydrogen-bond donors (Lipinski definition) is 2. The largest absolute Gasteiger partial charge is 0.487 e. The Morgan fingerprint density at radius 2 is 2.15 bits per heavy atom. The van der Waals surface area contributed by atoms with E-state index in [2.05, 4.69) is 20.5 Å². The van der Waals surface area contributed by atoms with Crippen molar-refractivity contribution in [3.8, 4) is 5.75 Å². The molecule has 3 aromatic rings. The van der Waals surface area contributed by atoms with Gasteiger partial charge in [0.1, 0.15) is 23.9 Å². The van der Waals surface area contributed by atoms with Crippen LogP contribution in [0.1, 0.15) is 41.3 Å². The van der Waals surface area contributed by atoms with Gasteiger partial charge in [-0.15, -0.1) is 0 Å². The number of rotatable bonds is 7. The molecule has 6 nitrogen and oxygen atoms in total. The number of benzene rings is 1. The molecule has 1 atom stereocenters. The number of hydrogen-bond acceptors (Lipinski definition) is 4. The van der Waals surface area contributed by atoms with E-state index < -0.39 is 0 Å². The summed E-state index contributed by atoms with van der Waals surface area (Å²) < 4.78 is 18.6. The van der Waals surface area contributed by atoms with Crippen LogP contribution in [0.15, 0.2) is 54.7 Å². The Balaban J connectivity index is 1.60. The third kappa shape index (κ3) is 4.44. The van der Waals surface area contributed by atoms with Gasteiger partial charge in [0.25, 0.3) is 5.91 Å². The second-order valence-corrected chi connectivity index (χ2v) is 5.71. The fraction of sp³-hybridized carbons (Fsp3) is 0.211. The molecule has 2 N–H and O–H groups in total. The van der Waals surface area contributed by atoms with Gasteiger partial charge < -0.3 is 10.1 Å². The van der Waals surface area contributed by atoms with Crippen molar-refractivity contribution in [2.75, 3.05) is 0 Å². The first-order valence-electron chi connectivity index (χ1n) is 8.30. The lowest BCUT2D eigenvalue weighted by Gasteiger charge is -2.15. The molecule has 0 saturated carbocycles. The Morgan fingerprint density at radius 3 is 2.88 bits per heavy atom. The molecule has 134 valence electrons. The molecule has 26 heavy (non-hydrogen) atoms. The maximum absolute atomic E-state index is 13.1. The molecule has 0 spiro atoms. The summed E-state index contributed by atoms with van der Waals surface area (Å²) >= 11 is 0. The quantitative estimate of drug-likeness (QED) is 0.681. The second kappa shape index (κ2) is 8.24. The fourth-order valence-corrected chi connectivity index (χ4v) is 2.47. The van der Waals surface area contributed by atoms with E-state index in [0.29, 0.717) is 17.9 Å². The minimum Gasteiger partial charge on any atom is -0.487 e. The van der Waals surface area contributed by atoms with Crippen molar-refractivity contribution in [2.24, 2.45) is 0 Å². The van der Waals surface area contributed by atoms with E-state index in [9.17, 15) is 9.18 Å². The predicted octanol–water partition coefficient (Wildman–Crippen LogP) is 3.40. The molecular weight excluding hydrogens is 335 g/mol. The summed E-state index contributed by atoms with van der Waals surface area (Å²) in [6, 6.07) is 12.9. The highest BCUT2D eigenvalue weighted by molar-refractivity contribution is 5.92. The van der Waals surface area contributed by atoms with Gasteiger partial charge in [-0.05, 0) is 36.8 Å². The Morgan fingerprint density at radius 1 is 1.27 bits per heavy atom. The Labute approximate surface area is 150 Å². The summed E-state index contributed by atoms with van der Waals surface area (Å²) in [7, 11) is 0. The fourth-order valence-electron chi connectivity index (χ4n) is 2.47. The Bertz CT molecular complexity index is 867. The normalized spacial score (nSPS) is 11.8. The number of nitrogens with one attached hydrogen (secondary N) is 2. The summed E-state index contributed by atoms with van der Waals surface area (Å²) in [6.45, 7) is 2.13. The number of ether oxygens (including phenoxy) is 1.